The molecule has 1 heterocycles. The van der Waals surface area contributed by atoms with Crippen molar-refractivity contribution in [2.24, 2.45) is 0 Å². The van der Waals surface area contributed by atoms with E-state index in [0.717, 1.165) is 5.52 Å². The Bertz CT molecular complexity index is 695. The van der Waals surface area contributed by atoms with Crippen LogP contribution in [-0.4, -0.2) is 26.5 Å². The van der Waals surface area contributed by atoms with Crippen molar-refractivity contribution < 1.29 is 14.7 Å². The van der Waals surface area contributed by atoms with Gasteiger partial charge in [0.2, 0.25) is 11.7 Å². The molecule has 2 N–H and O–H groups in total. The lowest BCUT2D eigenvalue weighted by Crippen LogP contribution is -2.26. The predicted octanol–water partition coefficient (Wildman–Crippen LogP) is 2.45. The molecule has 0 unspecified atom stereocenters. The molecule has 0 bridgehead atoms. The topological polar surface area (TPSA) is 84.2 Å². The second-order valence-corrected chi connectivity index (χ2v) is 5.63. The van der Waals surface area contributed by atoms with E-state index in [1.807, 2.05) is 20.8 Å². The van der Waals surface area contributed by atoms with Gasteiger partial charge in [-0.15, -0.1) is 0 Å². The lowest BCUT2D eigenvalue weighted by molar-refractivity contribution is -0.114. The minimum atomic E-state index is -1.07. The fourth-order valence-electron chi connectivity index (χ4n) is 2.18. The summed E-state index contributed by atoms with van der Waals surface area (Å²) < 4.78 is 1.68. The van der Waals surface area contributed by atoms with Gasteiger partial charge >= 0.3 is 5.97 Å². The Morgan fingerprint density at radius 1 is 1.30 bits per heavy atom. The zero-order valence-corrected chi connectivity index (χ0v) is 11.9. The summed E-state index contributed by atoms with van der Waals surface area (Å²) in [5.74, 6) is -1.26. The minimum Gasteiger partial charge on any atom is -0.475 e. The summed E-state index contributed by atoms with van der Waals surface area (Å²) in [5.41, 5.74) is 1.46. The van der Waals surface area contributed by atoms with Crippen LogP contribution in [0.5, 0.6) is 0 Å². The summed E-state index contributed by atoms with van der Waals surface area (Å²) in [5, 5.41) is 11.9. The number of imidazole rings is 1. The largest absolute Gasteiger partial charge is 0.475 e. The molecule has 6 nitrogen and oxygen atoms in total. The first kappa shape index (κ1) is 14.0. The zero-order chi connectivity index (χ0) is 15.1. The van der Waals surface area contributed by atoms with E-state index in [1.54, 1.807) is 22.8 Å². The number of rotatable bonds is 2. The molecule has 1 amide bonds. The maximum atomic E-state index is 11.3. The second-order valence-electron chi connectivity index (χ2n) is 5.63. The molecule has 0 aliphatic carbocycles. The molecular formula is C14H17N3O3. The molecule has 0 fully saturated rings. The first-order valence-electron chi connectivity index (χ1n) is 6.24. The highest BCUT2D eigenvalue weighted by Crippen LogP contribution is 2.27. The number of nitrogens with one attached hydrogen (secondary N) is 1. The number of anilines is 1. The molecule has 0 radical (unpaired) electrons. The lowest BCUT2D eigenvalue weighted by atomic mass is 10.1. The molecule has 0 aliphatic rings. The van der Waals surface area contributed by atoms with Crippen molar-refractivity contribution in [3.8, 4) is 0 Å². The maximum absolute atomic E-state index is 11.3. The number of amides is 1. The number of aromatic carboxylic acids is 1. The van der Waals surface area contributed by atoms with E-state index < -0.39 is 11.5 Å². The van der Waals surface area contributed by atoms with E-state index >= 15 is 0 Å². The third-order valence-corrected chi connectivity index (χ3v) is 2.84. The van der Waals surface area contributed by atoms with Crippen LogP contribution in [0.15, 0.2) is 18.2 Å². The molecule has 1 aromatic heterocycles. The van der Waals surface area contributed by atoms with Crippen molar-refractivity contribution >= 4 is 28.6 Å². The monoisotopic (exact) mass is 275 g/mol. The van der Waals surface area contributed by atoms with Crippen LogP contribution in [0.2, 0.25) is 0 Å². The molecule has 1 aromatic carbocycles. The Balaban J connectivity index is 2.68. The average Bonchev–Trinajstić information content (AvgIpc) is 2.66. The highest BCUT2D eigenvalue weighted by atomic mass is 16.4. The summed E-state index contributed by atoms with van der Waals surface area (Å²) in [6, 6.07) is 5.18. The van der Waals surface area contributed by atoms with Crippen LogP contribution in [0.4, 0.5) is 5.69 Å². The number of nitrogens with zero attached hydrogens (tertiary/aromatic N) is 2. The third kappa shape index (κ3) is 2.49. The smallest absolute Gasteiger partial charge is 0.372 e. The number of benzene rings is 1. The number of hydrogen-bond donors (Lipinski definition) is 2. The van der Waals surface area contributed by atoms with Gasteiger partial charge in [0.1, 0.15) is 0 Å². The van der Waals surface area contributed by atoms with E-state index in [1.165, 1.54) is 6.92 Å². The predicted molar refractivity (Wildman–Crippen MR) is 76.0 cm³/mol. The van der Waals surface area contributed by atoms with E-state index in [4.69, 9.17) is 0 Å². The van der Waals surface area contributed by atoms with Crippen molar-refractivity contribution in [3.05, 3.63) is 24.0 Å². The van der Waals surface area contributed by atoms with E-state index in [2.05, 4.69) is 10.3 Å². The minimum absolute atomic E-state index is 0.00697. The summed E-state index contributed by atoms with van der Waals surface area (Å²) >= 11 is 0. The highest BCUT2D eigenvalue weighted by molar-refractivity contribution is 5.94. The van der Waals surface area contributed by atoms with Crippen LogP contribution in [0.3, 0.4) is 0 Å². The van der Waals surface area contributed by atoms with Crippen LogP contribution in [0.25, 0.3) is 11.0 Å². The molecule has 0 atom stereocenters. The van der Waals surface area contributed by atoms with Gasteiger partial charge in [-0.2, -0.15) is 0 Å². The summed E-state index contributed by atoms with van der Waals surface area (Å²) in [4.78, 5) is 26.6. The van der Waals surface area contributed by atoms with Crippen molar-refractivity contribution in [3.63, 3.8) is 0 Å². The lowest BCUT2D eigenvalue weighted by Gasteiger charge is -2.23. The number of fused-ring (bicyclic) bond motifs is 1. The number of hydrogen-bond acceptors (Lipinski definition) is 3. The Hall–Kier alpha value is -2.37. The molecule has 0 saturated heterocycles. The molecule has 106 valence electrons. The number of carboxylic acid groups (broad SMARTS) is 1. The van der Waals surface area contributed by atoms with Gasteiger partial charge in [0.15, 0.2) is 0 Å². The highest BCUT2D eigenvalue weighted by Gasteiger charge is 2.25. The molecule has 0 aliphatic heterocycles. The Morgan fingerprint density at radius 2 is 1.95 bits per heavy atom. The Morgan fingerprint density at radius 3 is 2.45 bits per heavy atom. The molecule has 0 saturated carbocycles. The molecule has 0 spiro atoms. The van der Waals surface area contributed by atoms with E-state index in [9.17, 15) is 14.7 Å². The van der Waals surface area contributed by atoms with Crippen LogP contribution < -0.4 is 5.32 Å². The van der Waals surface area contributed by atoms with Gasteiger partial charge in [0.25, 0.3) is 0 Å². The van der Waals surface area contributed by atoms with Crippen LogP contribution in [0, 0.1) is 0 Å². The van der Waals surface area contributed by atoms with Crippen LogP contribution >= 0.6 is 0 Å². The number of carbonyl (C=O) groups is 2. The standard InChI is InChI=1S/C14H17N3O3/c1-8(18)15-9-5-6-11-10(7-9)16-12(13(19)20)17(11)14(2,3)4/h5-7H,1-4H3,(H,15,18)(H,19,20). The van der Waals surface area contributed by atoms with E-state index in [-0.39, 0.29) is 11.7 Å². The van der Waals surface area contributed by atoms with Crippen LogP contribution in [-0.2, 0) is 10.3 Å². The maximum Gasteiger partial charge on any atom is 0.372 e. The van der Waals surface area contributed by atoms with E-state index in [0.29, 0.717) is 11.2 Å². The molecule has 6 heteroatoms. The molecular weight excluding hydrogens is 258 g/mol. The van der Waals surface area contributed by atoms with Gasteiger partial charge in [-0.3, -0.25) is 4.79 Å². The molecule has 2 aromatic rings. The average molecular weight is 275 g/mol. The number of aromatic nitrogens is 2. The van der Waals surface area contributed by atoms with Gasteiger partial charge < -0.3 is 15.0 Å². The normalized spacial score (nSPS) is 11.6. The van der Waals surface area contributed by atoms with Crippen molar-refractivity contribution in [1.29, 1.82) is 0 Å². The third-order valence-electron chi connectivity index (χ3n) is 2.84. The Kier molecular flexibility index (Phi) is 3.25. The number of carboxylic acids is 1. The molecule has 20 heavy (non-hydrogen) atoms. The summed E-state index contributed by atoms with van der Waals surface area (Å²) in [7, 11) is 0. The summed E-state index contributed by atoms with van der Waals surface area (Å²) in [6.07, 6.45) is 0. The van der Waals surface area contributed by atoms with Gasteiger partial charge in [0.05, 0.1) is 11.0 Å². The number of carbonyl (C=O) groups excluding carboxylic acids is 1. The van der Waals surface area contributed by atoms with Gasteiger partial charge in [-0.1, -0.05) is 0 Å². The zero-order valence-electron chi connectivity index (χ0n) is 11.9. The fraction of sp³-hybridized carbons (Fsp3) is 0.357. The summed E-state index contributed by atoms with van der Waals surface area (Å²) in [6.45, 7) is 7.17. The van der Waals surface area contributed by atoms with Gasteiger partial charge in [-0.05, 0) is 39.0 Å². The van der Waals surface area contributed by atoms with Crippen LogP contribution in [0.1, 0.15) is 38.3 Å². The van der Waals surface area contributed by atoms with Crippen molar-refractivity contribution in [2.45, 2.75) is 33.2 Å². The van der Waals surface area contributed by atoms with Gasteiger partial charge in [0, 0.05) is 18.2 Å². The van der Waals surface area contributed by atoms with Crippen molar-refractivity contribution in [1.82, 2.24) is 9.55 Å². The first-order valence-corrected chi connectivity index (χ1v) is 6.24. The Labute approximate surface area is 116 Å². The SMILES string of the molecule is CC(=O)Nc1ccc2c(c1)nc(C(=O)O)n2C(C)(C)C. The first-order chi connectivity index (χ1) is 9.20. The quantitative estimate of drug-likeness (QED) is 0.881. The van der Waals surface area contributed by atoms with Crippen molar-refractivity contribution in [2.75, 3.05) is 5.32 Å². The fourth-order valence-corrected chi connectivity index (χ4v) is 2.18. The second kappa shape index (κ2) is 4.63. The molecule has 2 rings (SSSR count). The van der Waals surface area contributed by atoms with Gasteiger partial charge in [-0.25, -0.2) is 9.78 Å².